The predicted octanol–water partition coefficient (Wildman–Crippen LogP) is -1.58. The van der Waals surface area contributed by atoms with E-state index in [4.69, 9.17) is 15.7 Å². The Bertz CT molecular complexity index is 196. The summed E-state index contributed by atoms with van der Waals surface area (Å²) in [7, 11) is -3.82. The van der Waals surface area contributed by atoms with E-state index in [0.717, 1.165) is 0 Å². The summed E-state index contributed by atoms with van der Waals surface area (Å²) in [4.78, 5) is 18.8. The number of carbonyl (C=O) groups is 1. The van der Waals surface area contributed by atoms with Crippen LogP contribution in [0.5, 0.6) is 0 Å². The van der Waals surface area contributed by atoms with Crippen LogP contribution in [-0.4, -0.2) is 44.5 Å². The summed E-state index contributed by atoms with van der Waals surface area (Å²) in [5.74, 6) is -1.33. The van der Waals surface area contributed by atoms with E-state index < -0.39 is 25.8 Å². The van der Waals surface area contributed by atoms with Crippen LogP contribution >= 0.6 is 7.60 Å². The summed E-state index contributed by atoms with van der Waals surface area (Å²) in [5.41, 5.74) is 4.96. The minimum absolute atomic E-state index is 0.586. The first-order chi connectivity index (χ1) is 4.89. The molecule has 0 aromatic carbocycles. The molecule has 0 fully saturated rings. The van der Waals surface area contributed by atoms with Crippen molar-refractivity contribution in [1.29, 1.82) is 0 Å². The second-order valence-electron chi connectivity index (χ2n) is 1.85. The molecule has 0 aliphatic carbocycles. The summed E-state index contributed by atoms with van der Waals surface area (Å²) in [6.07, 6.45) is -0.586. The fraction of sp³-hybridized carbons (Fsp3) is 0.667. The number of carboxylic acids is 1. The second kappa shape index (κ2) is 4.21. The van der Waals surface area contributed by atoms with E-state index in [9.17, 15) is 9.36 Å². The molecule has 0 aromatic heterocycles. The van der Waals surface area contributed by atoms with E-state index in [0.29, 0.717) is 0 Å². The summed E-state index contributed by atoms with van der Waals surface area (Å²) in [6, 6.07) is -1.37. The van der Waals surface area contributed by atoms with Gasteiger partial charge in [0.1, 0.15) is 0 Å². The van der Waals surface area contributed by atoms with E-state index in [1.807, 2.05) is 0 Å². The quantitative estimate of drug-likeness (QED) is 0.409. The zero-order valence-electron chi connectivity index (χ0n) is 5.38. The Morgan fingerprint density at radius 1 is 1.82 bits per heavy atom. The molecule has 0 aliphatic rings. The first-order valence-corrected chi connectivity index (χ1v) is 5.05. The van der Waals surface area contributed by atoms with Crippen molar-refractivity contribution in [2.75, 3.05) is 6.16 Å². The molecule has 2 atom stereocenters. The maximum atomic E-state index is 10.7. The fourth-order valence-corrected chi connectivity index (χ4v) is 1.50. The molecule has 8 heteroatoms. The molecular formula is C3H8NO5PSe. The van der Waals surface area contributed by atoms with Gasteiger partial charge < -0.3 is 0 Å². The number of carboxylic acid groups (broad SMARTS) is 1. The van der Waals surface area contributed by atoms with E-state index in [1.165, 1.54) is 16.3 Å². The Kier molecular flexibility index (Phi) is 4.24. The average molecular weight is 248 g/mol. The van der Waals surface area contributed by atoms with Gasteiger partial charge in [0.15, 0.2) is 0 Å². The molecule has 11 heavy (non-hydrogen) atoms. The number of aliphatic carboxylic acids is 1. The van der Waals surface area contributed by atoms with Gasteiger partial charge in [-0.1, -0.05) is 0 Å². The standard InChI is InChI=1S/C3H8NO5PSe/c4-2(3(5)6)1-10(7,8)9-11/h2,11H,1,4H2,(H,5,6)(H,7,8). The first kappa shape index (κ1) is 11.1. The van der Waals surface area contributed by atoms with Crippen molar-refractivity contribution in [1.82, 2.24) is 0 Å². The molecular weight excluding hydrogens is 240 g/mol. The molecule has 2 unspecified atom stereocenters. The number of hydrogen-bond donors (Lipinski definition) is 3. The summed E-state index contributed by atoms with van der Waals surface area (Å²) >= 11 is 1.44. The van der Waals surface area contributed by atoms with Crippen LogP contribution in [0.1, 0.15) is 0 Å². The molecule has 0 radical (unpaired) electrons. The number of hydrogen-bond acceptors (Lipinski definition) is 4. The van der Waals surface area contributed by atoms with Crippen LogP contribution in [0, 0.1) is 0 Å². The van der Waals surface area contributed by atoms with Crippen LogP contribution in [0.2, 0.25) is 0 Å². The van der Waals surface area contributed by atoms with Crippen molar-refractivity contribution in [3.63, 3.8) is 0 Å². The predicted molar refractivity (Wildman–Crippen MR) is 38.5 cm³/mol. The molecule has 0 saturated heterocycles. The van der Waals surface area contributed by atoms with E-state index >= 15 is 0 Å². The third kappa shape index (κ3) is 4.53. The van der Waals surface area contributed by atoms with Crippen molar-refractivity contribution in [2.24, 2.45) is 5.73 Å². The Labute approximate surface area is 71.4 Å². The molecule has 0 heterocycles. The maximum absolute atomic E-state index is 10.7. The normalized spacial score (nSPS) is 18.8. The van der Waals surface area contributed by atoms with Gasteiger partial charge in [-0.25, -0.2) is 0 Å². The molecule has 66 valence electrons. The van der Waals surface area contributed by atoms with Gasteiger partial charge in [0.05, 0.1) is 0 Å². The van der Waals surface area contributed by atoms with Gasteiger partial charge in [0, 0.05) is 0 Å². The van der Waals surface area contributed by atoms with Gasteiger partial charge in [-0.15, -0.1) is 0 Å². The molecule has 0 saturated carbocycles. The summed E-state index contributed by atoms with van der Waals surface area (Å²) in [5, 5.41) is 8.22. The summed E-state index contributed by atoms with van der Waals surface area (Å²) in [6.45, 7) is 0. The minimum atomic E-state index is -3.82. The molecule has 0 aliphatic heterocycles. The number of rotatable bonds is 4. The Morgan fingerprint density at radius 2 is 2.27 bits per heavy atom. The Morgan fingerprint density at radius 3 is 2.55 bits per heavy atom. The Hall–Kier alpha value is 0.0995. The first-order valence-electron chi connectivity index (χ1n) is 2.52. The van der Waals surface area contributed by atoms with Crippen molar-refractivity contribution in [2.45, 2.75) is 6.04 Å². The topological polar surface area (TPSA) is 110 Å². The van der Waals surface area contributed by atoms with Crippen LogP contribution in [0.25, 0.3) is 0 Å². The van der Waals surface area contributed by atoms with E-state index in [2.05, 4.69) is 3.61 Å². The van der Waals surface area contributed by atoms with E-state index in [-0.39, 0.29) is 0 Å². The molecule has 4 N–H and O–H groups in total. The van der Waals surface area contributed by atoms with E-state index in [1.54, 1.807) is 0 Å². The van der Waals surface area contributed by atoms with Crippen LogP contribution in [0.4, 0.5) is 0 Å². The van der Waals surface area contributed by atoms with Crippen molar-refractivity contribution in [3.8, 4) is 0 Å². The third-order valence-corrected chi connectivity index (χ3v) is 3.59. The number of nitrogens with two attached hydrogens (primary N) is 1. The van der Waals surface area contributed by atoms with Gasteiger partial charge >= 0.3 is 70.8 Å². The fourth-order valence-electron chi connectivity index (χ4n) is 0.360. The van der Waals surface area contributed by atoms with Crippen molar-refractivity contribution >= 4 is 29.9 Å². The van der Waals surface area contributed by atoms with Gasteiger partial charge in [0.25, 0.3) is 0 Å². The monoisotopic (exact) mass is 249 g/mol. The van der Waals surface area contributed by atoms with Gasteiger partial charge in [-0.2, -0.15) is 0 Å². The van der Waals surface area contributed by atoms with Crippen molar-refractivity contribution < 1.29 is 23.0 Å². The summed E-state index contributed by atoms with van der Waals surface area (Å²) < 4.78 is 14.7. The van der Waals surface area contributed by atoms with Crippen LogP contribution in [0.15, 0.2) is 0 Å². The molecule has 0 aromatic rings. The van der Waals surface area contributed by atoms with Crippen molar-refractivity contribution in [3.05, 3.63) is 0 Å². The molecule has 6 nitrogen and oxygen atoms in total. The van der Waals surface area contributed by atoms with Gasteiger partial charge in [-0.05, 0) is 0 Å². The zero-order valence-corrected chi connectivity index (χ0v) is 8.15. The molecule has 0 amide bonds. The van der Waals surface area contributed by atoms with Crippen LogP contribution in [0.3, 0.4) is 0 Å². The average Bonchev–Trinajstić information content (AvgIpc) is 1.87. The molecule has 0 rings (SSSR count). The van der Waals surface area contributed by atoms with Crippen LogP contribution in [-0.2, 0) is 13.0 Å². The van der Waals surface area contributed by atoms with Gasteiger partial charge in [-0.3, -0.25) is 0 Å². The Balaban J connectivity index is 4.04. The van der Waals surface area contributed by atoms with Gasteiger partial charge in [0.2, 0.25) is 0 Å². The SMILES string of the molecule is NC(CP(=O)(O)O[SeH])C(=O)O. The zero-order chi connectivity index (χ0) is 9.07. The second-order valence-corrected chi connectivity index (χ2v) is 4.68. The molecule has 0 bridgehead atoms. The molecule has 0 spiro atoms. The third-order valence-electron chi connectivity index (χ3n) is 0.872. The van der Waals surface area contributed by atoms with Crippen LogP contribution < -0.4 is 5.73 Å².